The number of aliphatic hydroxyl groups is 14. The summed E-state index contributed by atoms with van der Waals surface area (Å²) < 4.78 is 37.5. The molecule has 4 heterocycles. The Balaban J connectivity index is 1.39. The Kier molecular flexibility index (Phi) is 12.5. The standard InChI is InChI=1S/C24H42O21/c25-1-7-11(29)14(32)17(35)21(42-7)39-3-8-12(30)15(33)18(36)22(43-8)40-4-9-13(31)16(34)19(37)23(44-9)45-24(5-26)20(38)10(28)6(27)2-41-24/h6-23,25-38H,1-5H2/t6-,7-,8-,9-,10-,11-,12-,13-,14+,15+,16+,17-,18-,19-,20+,21+,22+,23-,24+/m1/s1. The lowest BCUT2D eigenvalue weighted by Gasteiger charge is -2.48. The molecule has 0 radical (unpaired) electrons. The first-order chi connectivity index (χ1) is 21.2. The highest BCUT2D eigenvalue weighted by Crippen LogP contribution is 2.33. The molecule has 4 aliphatic heterocycles. The summed E-state index contributed by atoms with van der Waals surface area (Å²) in [6, 6.07) is 0. The Morgan fingerprint density at radius 3 is 1.40 bits per heavy atom. The molecule has 0 aromatic carbocycles. The quantitative estimate of drug-likeness (QED) is 0.103. The lowest BCUT2D eigenvalue weighted by molar-refractivity contribution is -0.417. The number of aliphatic hydroxyl groups excluding tert-OH is 14. The smallest absolute Gasteiger partial charge is 0.223 e. The normalized spacial score (nSPS) is 52.9. The van der Waals surface area contributed by atoms with Crippen LogP contribution in [0.3, 0.4) is 0 Å². The van der Waals surface area contributed by atoms with Gasteiger partial charge in [-0.3, -0.25) is 0 Å². The van der Waals surface area contributed by atoms with Gasteiger partial charge in [0.25, 0.3) is 0 Å². The Morgan fingerprint density at radius 1 is 0.511 bits per heavy atom. The molecule has 0 saturated carbocycles. The summed E-state index contributed by atoms with van der Waals surface area (Å²) >= 11 is 0. The average Bonchev–Trinajstić information content (AvgIpc) is 3.03. The molecule has 0 spiro atoms. The molecule has 0 aliphatic carbocycles. The van der Waals surface area contributed by atoms with Gasteiger partial charge in [-0.15, -0.1) is 0 Å². The van der Waals surface area contributed by atoms with E-state index < -0.39 is 149 Å². The van der Waals surface area contributed by atoms with Crippen molar-refractivity contribution in [3.63, 3.8) is 0 Å². The van der Waals surface area contributed by atoms with Crippen LogP contribution >= 0.6 is 0 Å². The molecular weight excluding hydrogens is 624 g/mol. The Bertz CT molecular complexity index is 931. The van der Waals surface area contributed by atoms with E-state index in [0.717, 1.165) is 0 Å². The zero-order chi connectivity index (χ0) is 33.4. The molecule has 21 nitrogen and oxygen atoms in total. The van der Waals surface area contributed by atoms with Crippen LogP contribution in [0.25, 0.3) is 0 Å². The Labute approximate surface area is 254 Å². The molecule has 21 heteroatoms. The van der Waals surface area contributed by atoms with Crippen LogP contribution in [0.4, 0.5) is 0 Å². The fourth-order valence-electron chi connectivity index (χ4n) is 5.29. The van der Waals surface area contributed by atoms with Crippen molar-refractivity contribution in [3.05, 3.63) is 0 Å². The molecule has 264 valence electrons. The highest BCUT2D eigenvalue weighted by molar-refractivity contribution is 4.96. The summed E-state index contributed by atoms with van der Waals surface area (Å²) in [5.41, 5.74) is 0. The maximum Gasteiger partial charge on any atom is 0.223 e. The van der Waals surface area contributed by atoms with Crippen molar-refractivity contribution < 1.29 is 105 Å². The molecule has 4 fully saturated rings. The molecule has 0 bridgehead atoms. The molecule has 4 aliphatic rings. The van der Waals surface area contributed by atoms with E-state index in [2.05, 4.69) is 0 Å². The number of hydrogen-bond acceptors (Lipinski definition) is 21. The molecule has 0 aromatic heterocycles. The zero-order valence-electron chi connectivity index (χ0n) is 23.5. The molecule has 4 saturated heterocycles. The van der Waals surface area contributed by atoms with Gasteiger partial charge in [0.2, 0.25) is 5.79 Å². The lowest BCUT2D eigenvalue weighted by atomic mass is 9.96. The van der Waals surface area contributed by atoms with Gasteiger partial charge >= 0.3 is 0 Å². The van der Waals surface area contributed by atoms with Crippen molar-refractivity contribution in [2.75, 3.05) is 33.0 Å². The van der Waals surface area contributed by atoms with E-state index in [-0.39, 0.29) is 0 Å². The third kappa shape index (κ3) is 7.44. The first kappa shape index (κ1) is 37.0. The van der Waals surface area contributed by atoms with Crippen LogP contribution in [0, 0.1) is 0 Å². The van der Waals surface area contributed by atoms with E-state index in [4.69, 9.17) is 33.2 Å². The summed E-state index contributed by atoms with van der Waals surface area (Å²) in [4.78, 5) is 0. The fourth-order valence-corrected chi connectivity index (χ4v) is 5.29. The topological polar surface area (TPSA) is 348 Å². The van der Waals surface area contributed by atoms with Crippen LogP contribution in [0.1, 0.15) is 0 Å². The molecule has 19 atom stereocenters. The van der Waals surface area contributed by atoms with Gasteiger partial charge in [0.05, 0.1) is 26.4 Å². The molecule has 0 amide bonds. The third-order valence-corrected chi connectivity index (χ3v) is 8.24. The fraction of sp³-hybridized carbons (Fsp3) is 1.00. The predicted molar refractivity (Wildman–Crippen MR) is 134 cm³/mol. The van der Waals surface area contributed by atoms with Gasteiger partial charge in [0, 0.05) is 0 Å². The van der Waals surface area contributed by atoms with Crippen LogP contribution in [0.2, 0.25) is 0 Å². The van der Waals surface area contributed by atoms with Crippen LogP contribution in [-0.4, -0.2) is 221 Å². The van der Waals surface area contributed by atoms with Crippen molar-refractivity contribution in [1.29, 1.82) is 0 Å². The van der Waals surface area contributed by atoms with Crippen LogP contribution in [-0.2, 0) is 33.2 Å². The number of ether oxygens (including phenoxy) is 7. The van der Waals surface area contributed by atoms with E-state index >= 15 is 0 Å². The molecular formula is C24H42O21. The van der Waals surface area contributed by atoms with Gasteiger partial charge in [0.1, 0.15) is 98.2 Å². The number of hydrogen-bond donors (Lipinski definition) is 14. The SMILES string of the molecule is OC[C@H]1O[C@H](OC[C@H]2O[C@H](OC[C@H]3O[C@H](O[C@]4(CO)OC[C@@H](O)[C@@H](O)[C@@H]4O)[C@H](O)[C@@H](O)[C@@H]3O)[C@H](O)[C@@H](O)[C@@H]2O)[C@H](O)[C@@H](O)[C@@H]1O. The van der Waals surface area contributed by atoms with Gasteiger partial charge in [-0.25, -0.2) is 0 Å². The molecule has 0 unspecified atom stereocenters. The Morgan fingerprint density at radius 2 is 0.933 bits per heavy atom. The predicted octanol–water partition coefficient (Wildman–Crippen LogP) is -9.75. The third-order valence-electron chi connectivity index (χ3n) is 8.24. The van der Waals surface area contributed by atoms with Gasteiger partial charge in [-0.2, -0.15) is 0 Å². The van der Waals surface area contributed by atoms with Crippen molar-refractivity contribution >= 4 is 0 Å². The van der Waals surface area contributed by atoms with E-state index in [0.29, 0.717) is 0 Å². The first-order valence-electron chi connectivity index (χ1n) is 14.1. The van der Waals surface area contributed by atoms with Crippen molar-refractivity contribution in [2.24, 2.45) is 0 Å². The number of rotatable bonds is 10. The summed E-state index contributed by atoms with van der Waals surface area (Å²) in [5.74, 6) is -2.44. The van der Waals surface area contributed by atoms with E-state index in [1.54, 1.807) is 0 Å². The largest absolute Gasteiger partial charge is 0.394 e. The maximum absolute atomic E-state index is 10.5. The lowest BCUT2D eigenvalue weighted by Crippen LogP contribution is -2.68. The van der Waals surface area contributed by atoms with Gasteiger partial charge < -0.3 is 105 Å². The molecule has 0 aromatic rings. The maximum atomic E-state index is 10.5. The monoisotopic (exact) mass is 666 g/mol. The highest BCUT2D eigenvalue weighted by atomic mass is 16.8. The highest BCUT2D eigenvalue weighted by Gasteiger charge is 2.55. The van der Waals surface area contributed by atoms with Gasteiger partial charge in [-0.1, -0.05) is 0 Å². The minimum atomic E-state index is -2.44. The summed E-state index contributed by atoms with van der Waals surface area (Å²) in [6.07, 6.45) is -31.7. The molecule has 14 N–H and O–H groups in total. The van der Waals surface area contributed by atoms with E-state index in [1.165, 1.54) is 0 Å². The van der Waals surface area contributed by atoms with Crippen LogP contribution in [0.5, 0.6) is 0 Å². The summed E-state index contributed by atoms with van der Waals surface area (Å²) in [7, 11) is 0. The zero-order valence-corrected chi connectivity index (χ0v) is 23.5. The second-order valence-corrected chi connectivity index (χ2v) is 11.3. The van der Waals surface area contributed by atoms with Crippen molar-refractivity contribution in [3.8, 4) is 0 Å². The molecule has 4 rings (SSSR count). The minimum absolute atomic E-state index is 0.605. The van der Waals surface area contributed by atoms with Gasteiger partial charge in [-0.05, 0) is 0 Å². The van der Waals surface area contributed by atoms with Gasteiger partial charge in [0.15, 0.2) is 18.9 Å². The van der Waals surface area contributed by atoms with Crippen molar-refractivity contribution in [2.45, 2.75) is 116 Å². The molecule has 45 heavy (non-hydrogen) atoms. The van der Waals surface area contributed by atoms with E-state index in [9.17, 15) is 71.5 Å². The second-order valence-electron chi connectivity index (χ2n) is 11.3. The average molecular weight is 667 g/mol. The first-order valence-corrected chi connectivity index (χ1v) is 14.1. The van der Waals surface area contributed by atoms with Crippen LogP contribution < -0.4 is 0 Å². The minimum Gasteiger partial charge on any atom is -0.394 e. The summed E-state index contributed by atoms with van der Waals surface area (Å²) in [6.45, 7) is -3.85. The van der Waals surface area contributed by atoms with E-state index in [1.807, 2.05) is 0 Å². The van der Waals surface area contributed by atoms with Crippen LogP contribution in [0.15, 0.2) is 0 Å². The Hall–Kier alpha value is -0.840. The second kappa shape index (κ2) is 15.1. The van der Waals surface area contributed by atoms with Crippen molar-refractivity contribution in [1.82, 2.24) is 0 Å². The summed E-state index contributed by atoms with van der Waals surface area (Å²) in [5, 5.41) is 142.